The lowest BCUT2D eigenvalue weighted by molar-refractivity contribution is 0.411. The van der Waals surface area contributed by atoms with E-state index < -0.39 is 5.63 Å². The first-order valence-corrected chi connectivity index (χ1v) is 6.87. The minimum atomic E-state index is -0.659. The van der Waals surface area contributed by atoms with Gasteiger partial charge in [0.25, 0.3) is 0 Å². The number of aryl methyl sites for hydroxylation is 1. The van der Waals surface area contributed by atoms with Crippen molar-refractivity contribution in [3.63, 3.8) is 0 Å². The van der Waals surface area contributed by atoms with Crippen LogP contribution in [0.3, 0.4) is 0 Å². The van der Waals surface area contributed by atoms with E-state index >= 15 is 0 Å². The highest BCUT2D eigenvalue weighted by atomic mass is 16.5. The van der Waals surface area contributed by atoms with Crippen LogP contribution < -0.4 is 10.4 Å². The maximum atomic E-state index is 11.7. The van der Waals surface area contributed by atoms with Crippen LogP contribution in [0.4, 0.5) is 5.69 Å². The number of rotatable bonds is 4. The first kappa shape index (κ1) is 15.4. The van der Waals surface area contributed by atoms with E-state index in [1.807, 2.05) is 0 Å². The highest BCUT2D eigenvalue weighted by Crippen LogP contribution is 2.27. The lowest BCUT2D eigenvalue weighted by atomic mass is 10.2. The molecule has 0 amide bonds. The maximum absolute atomic E-state index is 11.7. The molecule has 0 bridgehead atoms. The lowest BCUT2D eigenvalue weighted by Crippen LogP contribution is -2.07. The summed E-state index contributed by atoms with van der Waals surface area (Å²) >= 11 is 0. The molecule has 24 heavy (non-hydrogen) atoms. The van der Waals surface area contributed by atoms with E-state index in [9.17, 15) is 9.90 Å². The van der Waals surface area contributed by atoms with E-state index in [1.165, 1.54) is 30.4 Å². The zero-order chi connectivity index (χ0) is 17.1. The fourth-order valence-corrected chi connectivity index (χ4v) is 2.07. The van der Waals surface area contributed by atoms with Crippen molar-refractivity contribution in [1.29, 1.82) is 0 Å². The molecule has 3 aromatic rings. The summed E-state index contributed by atoms with van der Waals surface area (Å²) in [5.41, 5.74) is 0.472. The molecule has 0 aliphatic heterocycles. The van der Waals surface area contributed by atoms with Crippen LogP contribution in [0.2, 0.25) is 0 Å². The third kappa shape index (κ3) is 3.00. The number of aliphatic imine (C=N–C) groups is 1. The minimum absolute atomic E-state index is 0.0240. The van der Waals surface area contributed by atoms with E-state index in [0.29, 0.717) is 22.9 Å². The molecule has 9 nitrogen and oxygen atoms in total. The van der Waals surface area contributed by atoms with E-state index in [-0.39, 0.29) is 11.3 Å². The number of hydrogen-bond donors (Lipinski definition) is 1. The second kappa shape index (κ2) is 6.32. The molecule has 2 heterocycles. The van der Waals surface area contributed by atoms with Crippen LogP contribution in [-0.2, 0) is 0 Å². The Hall–Kier alpha value is -3.49. The van der Waals surface area contributed by atoms with Crippen molar-refractivity contribution < 1.29 is 14.3 Å². The Kier molecular flexibility index (Phi) is 4.06. The topological polar surface area (TPSA) is 116 Å². The Morgan fingerprint density at radius 1 is 1.38 bits per heavy atom. The molecule has 0 saturated carbocycles. The first-order chi connectivity index (χ1) is 11.6. The molecule has 0 radical (unpaired) electrons. The fraction of sp³-hybridized carbons (Fsp3) is 0.133. The van der Waals surface area contributed by atoms with Crippen LogP contribution in [0, 0.1) is 6.92 Å². The second-order valence-corrected chi connectivity index (χ2v) is 4.81. The highest BCUT2D eigenvalue weighted by molar-refractivity contribution is 5.84. The zero-order valence-corrected chi connectivity index (χ0v) is 12.9. The van der Waals surface area contributed by atoms with Gasteiger partial charge in [0.15, 0.2) is 0 Å². The number of benzene rings is 1. The number of methoxy groups -OCH3 is 1. The monoisotopic (exact) mass is 327 g/mol. The molecule has 1 aromatic carbocycles. The van der Waals surface area contributed by atoms with Crippen LogP contribution in [0.5, 0.6) is 11.5 Å². The highest BCUT2D eigenvalue weighted by Gasteiger charge is 2.09. The Morgan fingerprint density at radius 3 is 2.88 bits per heavy atom. The van der Waals surface area contributed by atoms with Gasteiger partial charge in [-0.05, 0) is 29.5 Å². The number of nitrogens with zero attached hydrogens (tertiary/aromatic N) is 5. The van der Waals surface area contributed by atoms with Gasteiger partial charge in [-0.1, -0.05) is 0 Å². The maximum Gasteiger partial charge on any atom is 0.348 e. The summed E-state index contributed by atoms with van der Waals surface area (Å²) in [5.74, 6) is 0.629. The van der Waals surface area contributed by atoms with Crippen LogP contribution in [0.15, 0.2) is 44.8 Å². The van der Waals surface area contributed by atoms with Crippen LogP contribution in [0.25, 0.3) is 5.69 Å². The second-order valence-electron chi connectivity index (χ2n) is 4.81. The fourth-order valence-electron chi connectivity index (χ4n) is 2.07. The largest absolute Gasteiger partial charge is 0.507 e. The lowest BCUT2D eigenvalue weighted by Gasteiger charge is -2.07. The van der Waals surface area contributed by atoms with Gasteiger partial charge in [0.1, 0.15) is 34.8 Å². The van der Waals surface area contributed by atoms with Gasteiger partial charge in [-0.15, -0.1) is 5.10 Å². The van der Waals surface area contributed by atoms with Crippen molar-refractivity contribution in [2.24, 2.45) is 4.99 Å². The normalized spacial score (nSPS) is 11.1. The molecule has 122 valence electrons. The molecule has 1 N–H and O–H groups in total. The van der Waals surface area contributed by atoms with E-state index in [2.05, 4.69) is 20.5 Å². The van der Waals surface area contributed by atoms with E-state index in [1.54, 1.807) is 25.1 Å². The van der Waals surface area contributed by atoms with Gasteiger partial charge >= 0.3 is 5.63 Å². The molecule has 3 rings (SSSR count). The molecule has 0 spiro atoms. The average Bonchev–Trinajstić information content (AvgIpc) is 3.07. The number of aromatic nitrogens is 4. The Labute approximate surface area is 135 Å². The molecule has 2 aromatic heterocycles. The number of ether oxygens (including phenoxy) is 1. The van der Waals surface area contributed by atoms with Crippen molar-refractivity contribution in [3.05, 3.63) is 52.3 Å². The predicted molar refractivity (Wildman–Crippen MR) is 84.3 cm³/mol. The molecule has 0 atom stereocenters. The van der Waals surface area contributed by atoms with Gasteiger partial charge in [0.2, 0.25) is 0 Å². The summed E-state index contributed by atoms with van der Waals surface area (Å²) in [6, 6.07) is 6.42. The van der Waals surface area contributed by atoms with Gasteiger partial charge < -0.3 is 14.3 Å². The van der Waals surface area contributed by atoms with Gasteiger partial charge in [-0.3, -0.25) is 4.99 Å². The first-order valence-electron chi connectivity index (χ1n) is 6.87. The molecular weight excluding hydrogens is 314 g/mol. The molecule has 0 saturated heterocycles. The van der Waals surface area contributed by atoms with Gasteiger partial charge in [0, 0.05) is 18.3 Å². The summed E-state index contributed by atoms with van der Waals surface area (Å²) in [6.45, 7) is 1.57. The van der Waals surface area contributed by atoms with E-state index in [4.69, 9.17) is 9.15 Å². The molecule has 9 heteroatoms. The van der Waals surface area contributed by atoms with Crippen molar-refractivity contribution in [2.45, 2.75) is 6.92 Å². The third-order valence-corrected chi connectivity index (χ3v) is 3.19. The standard InChI is InChI=1S/C15H13N5O4/c1-9-5-13(21)11(15(22)24-9)7-16-10-3-4-12(14(6-10)23-2)20-8-17-18-19-20/h3-8,21H,1-2H3. The molecule has 0 fully saturated rings. The van der Waals surface area contributed by atoms with Gasteiger partial charge in [0.05, 0.1) is 12.8 Å². The molecular formula is C15H13N5O4. The van der Waals surface area contributed by atoms with E-state index in [0.717, 1.165) is 0 Å². The SMILES string of the molecule is COc1cc(N=Cc2c(O)cc(C)oc2=O)ccc1-n1cnnn1. The molecule has 0 aliphatic carbocycles. The van der Waals surface area contributed by atoms with Crippen molar-refractivity contribution in [3.8, 4) is 17.2 Å². The Balaban J connectivity index is 1.95. The van der Waals surface area contributed by atoms with Crippen molar-refractivity contribution in [2.75, 3.05) is 7.11 Å². The van der Waals surface area contributed by atoms with Crippen LogP contribution >= 0.6 is 0 Å². The predicted octanol–water partition coefficient (Wildman–Crippen LogP) is 1.39. The van der Waals surface area contributed by atoms with Crippen molar-refractivity contribution >= 4 is 11.9 Å². The third-order valence-electron chi connectivity index (χ3n) is 3.19. The van der Waals surface area contributed by atoms with Crippen molar-refractivity contribution in [1.82, 2.24) is 20.2 Å². The molecule has 0 unspecified atom stereocenters. The zero-order valence-electron chi connectivity index (χ0n) is 12.9. The average molecular weight is 327 g/mol. The smallest absolute Gasteiger partial charge is 0.348 e. The van der Waals surface area contributed by atoms with Gasteiger partial charge in [-0.25, -0.2) is 4.79 Å². The number of aromatic hydroxyl groups is 1. The van der Waals surface area contributed by atoms with Crippen LogP contribution in [-0.4, -0.2) is 38.6 Å². The quantitative estimate of drug-likeness (QED) is 0.720. The molecule has 0 aliphatic rings. The number of hydrogen-bond acceptors (Lipinski definition) is 8. The van der Waals surface area contributed by atoms with Gasteiger partial charge in [-0.2, -0.15) is 4.68 Å². The Morgan fingerprint density at radius 2 is 2.21 bits per heavy atom. The van der Waals surface area contributed by atoms with Crippen LogP contribution in [0.1, 0.15) is 11.3 Å². The summed E-state index contributed by atoms with van der Waals surface area (Å²) in [5, 5.41) is 20.8. The summed E-state index contributed by atoms with van der Waals surface area (Å²) in [6.07, 6.45) is 2.68. The Bertz CT molecular complexity index is 947. The summed E-state index contributed by atoms with van der Waals surface area (Å²) in [7, 11) is 1.51. The summed E-state index contributed by atoms with van der Waals surface area (Å²) in [4.78, 5) is 15.9. The minimum Gasteiger partial charge on any atom is -0.507 e. The summed E-state index contributed by atoms with van der Waals surface area (Å²) < 4.78 is 11.7. The number of tetrazole rings is 1.